The van der Waals surface area contributed by atoms with Gasteiger partial charge in [0.2, 0.25) is 10.0 Å². The van der Waals surface area contributed by atoms with E-state index in [2.05, 4.69) is 0 Å². The average molecular weight is 317 g/mol. The van der Waals surface area contributed by atoms with Gasteiger partial charge in [-0.05, 0) is 30.2 Å². The van der Waals surface area contributed by atoms with Crippen molar-refractivity contribution >= 4 is 10.0 Å². The van der Waals surface area contributed by atoms with E-state index in [0.29, 0.717) is 24.7 Å². The number of rotatable bonds is 3. The van der Waals surface area contributed by atoms with Crippen LogP contribution in [0.4, 0.5) is 0 Å². The van der Waals surface area contributed by atoms with Gasteiger partial charge in [-0.15, -0.1) is 0 Å². The summed E-state index contributed by atoms with van der Waals surface area (Å²) in [7, 11) is -3.53. The molecule has 0 aliphatic carbocycles. The zero-order chi connectivity index (χ0) is 15.6. The summed E-state index contributed by atoms with van der Waals surface area (Å²) in [5.41, 5.74) is 1.89. The highest BCUT2D eigenvalue weighted by Gasteiger charge is 2.34. The Bertz CT molecular complexity index is 744. The lowest BCUT2D eigenvalue weighted by Crippen LogP contribution is -2.43. The first kappa shape index (κ1) is 15.2. The molecule has 0 N–H and O–H groups in total. The van der Waals surface area contributed by atoms with Crippen molar-refractivity contribution in [1.29, 1.82) is 0 Å². The molecule has 0 bridgehead atoms. The molecule has 0 spiro atoms. The van der Waals surface area contributed by atoms with Crippen molar-refractivity contribution in [2.45, 2.75) is 17.9 Å². The van der Waals surface area contributed by atoms with Crippen LogP contribution in [-0.2, 0) is 14.8 Å². The van der Waals surface area contributed by atoms with E-state index in [4.69, 9.17) is 4.74 Å². The Morgan fingerprint density at radius 3 is 2.59 bits per heavy atom. The van der Waals surface area contributed by atoms with Gasteiger partial charge in [0.15, 0.2) is 0 Å². The van der Waals surface area contributed by atoms with E-state index in [1.807, 2.05) is 43.3 Å². The maximum absolute atomic E-state index is 13.0. The summed E-state index contributed by atoms with van der Waals surface area (Å²) in [5, 5.41) is 0. The van der Waals surface area contributed by atoms with Crippen LogP contribution in [0.2, 0.25) is 0 Å². The predicted octanol–water partition coefficient (Wildman–Crippen LogP) is 2.76. The Morgan fingerprint density at radius 2 is 1.86 bits per heavy atom. The number of morpholine rings is 1. The Balaban J connectivity index is 2.00. The molecule has 0 radical (unpaired) electrons. The molecule has 1 fully saturated rings. The van der Waals surface area contributed by atoms with Crippen LogP contribution in [0, 0.1) is 6.92 Å². The maximum Gasteiger partial charge on any atom is 0.243 e. The molecule has 2 aromatic carbocycles. The molecule has 2 aromatic rings. The third-order valence-electron chi connectivity index (χ3n) is 3.86. The lowest BCUT2D eigenvalue weighted by atomic mass is 10.1. The Labute approximate surface area is 131 Å². The van der Waals surface area contributed by atoms with Crippen molar-refractivity contribution in [2.75, 3.05) is 19.8 Å². The first-order valence-corrected chi connectivity index (χ1v) is 8.74. The fourth-order valence-electron chi connectivity index (χ4n) is 2.73. The molecular formula is C17H19NO3S. The smallest absolute Gasteiger partial charge is 0.243 e. The van der Waals surface area contributed by atoms with Crippen molar-refractivity contribution in [3.63, 3.8) is 0 Å². The van der Waals surface area contributed by atoms with Gasteiger partial charge in [0.05, 0.1) is 24.2 Å². The summed E-state index contributed by atoms with van der Waals surface area (Å²) < 4.78 is 33.1. The molecule has 1 saturated heterocycles. The Hall–Kier alpha value is -1.69. The Kier molecular flexibility index (Phi) is 4.29. The number of hydrogen-bond acceptors (Lipinski definition) is 3. The van der Waals surface area contributed by atoms with Crippen LogP contribution < -0.4 is 0 Å². The van der Waals surface area contributed by atoms with Crippen molar-refractivity contribution in [2.24, 2.45) is 0 Å². The molecule has 5 heteroatoms. The topological polar surface area (TPSA) is 46.6 Å². The van der Waals surface area contributed by atoms with Crippen molar-refractivity contribution in [3.05, 3.63) is 65.7 Å². The van der Waals surface area contributed by atoms with E-state index >= 15 is 0 Å². The summed E-state index contributed by atoms with van der Waals surface area (Å²) >= 11 is 0. The van der Waals surface area contributed by atoms with Crippen LogP contribution in [0.5, 0.6) is 0 Å². The first-order chi connectivity index (χ1) is 10.6. The maximum atomic E-state index is 13.0. The molecule has 22 heavy (non-hydrogen) atoms. The lowest BCUT2D eigenvalue weighted by Gasteiger charge is -2.34. The molecule has 0 saturated carbocycles. The summed E-state index contributed by atoms with van der Waals surface area (Å²) in [6.07, 6.45) is 0. The zero-order valence-electron chi connectivity index (χ0n) is 12.5. The van der Waals surface area contributed by atoms with Crippen LogP contribution in [0.3, 0.4) is 0 Å². The minimum Gasteiger partial charge on any atom is -0.378 e. The second kappa shape index (κ2) is 6.20. The normalized spacial score (nSPS) is 20.0. The monoisotopic (exact) mass is 317 g/mol. The highest BCUT2D eigenvalue weighted by atomic mass is 32.2. The second-order valence-corrected chi connectivity index (χ2v) is 7.32. The lowest BCUT2D eigenvalue weighted by molar-refractivity contribution is 0.0321. The SMILES string of the molecule is Cc1cccc(S(=O)(=O)N2CCOCC2c2ccccc2)c1. The van der Waals surface area contributed by atoms with Gasteiger partial charge in [-0.2, -0.15) is 4.31 Å². The molecule has 3 rings (SSSR count). The molecule has 0 aromatic heterocycles. The van der Waals surface area contributed by atoms with E-state index in [0.717, 1.165) is 11.1 Å². The number of benzene rings is 2. The van der Waals surface area contributed by atoms with Gasteiger partial charge in [-0.1, -0.05) is 42.5 Å². The van der Waals surface area contributed by atoms with E-state index < -0.39 is 10.0 Å². The fourth-order valence-corrected chi connectivity index (χ4v) is 4.41. The molecule has 1 unspecified atom stereocenters. The van der Waals surface area contributed by atoms with Crippen LogP contribution >= 0.6 is 0 Å². The minimum atomic E-state index is -3.53. The van der Waals surface area contributed by atoms with E-state index in [1.54, 1.807) is 22.5 Å². The number of sulfonamides is 1. The van der Waals surface area contributed by atoms with Gasteiger partial charge < -0.3 is 4.74 Å². The van der Waals surface area contributed by atoms with Crippen LogP contribution in [0.25, 0.3) is 0 Å². The molecule has 0 amide bonds. The molecule has 1 aliphatic heterocycles. The van der Waals surface area contributed by atoms with Gasteiger partial charge >= 0.3 is 0 Å². The highest BCUT2D eigenvalue weighted by molar-refractivity contribution is 7.89. The standard InChI is InChI=1S/C17H19NO3S/c1-14-6-5-9-16(12-14)22(19,20)18-10-11-21-13-17(18)15-7-3-2-4-8-15/h2-9,12,17H,10-11,13H2,1H3. The number of ether oxygens (including phenoxy) is 1. The van der Waals surface area contributed by atoms with E-state index in [1.165, 1.54) is 0 Å². The quantitative estimate of drug-likeness (QED) is 0.874. The summed E-state index contributed by atoms with van der Waals surface area (Å²) in [6, 6.07) is 16.4. The zero-order valence-corrected chi connectivity index (χ0v) is 13.3. The third kappa shape index (κ3) is 2.92. The molecule has 1 heterocycles. The number of hydrogen-bond donors (Lipinski definition) is 0. The van der Waals surface area contributed by atoms with Crippen LogP contribution in [0.1, 0.15) is 17.2 Å². The van der Waals surface area contributed by atoms with Crippen LogP contribution in [0.15, 0.2) is 59.5 Å². The van der Waals surface area contributed by atoms with Crippen molar-refractivity contribution < 1.29 is 13.2 Å². The molecule has 116 valence electrons. The van der Waals surface area contributed by atoms with Crippen LogP contribution in [-0.4, -0.2) is 32.5 Å². The molecule has 1 atom stereocenters. The Morgan fingerprint density at radius 1 is 1.09 bits per heavy atom. The summed E-state index contributed by atoms with van der Waals surface area (Å²) in [5.74, 6) is 0. The highest BCUT2D eigenvalue weighted by Crippen LogP contribution is 2.30. The van der Waals surface area contributed by atoms with Crippen molar-refractivity contribution in [1.82, 2.24) is 4.31 Å². The van der Waals surface area contributed by atoms with Gasteiger partial charge in [-0.3, -0.25) is 0 Å². The third-order valence-corrected chi connectivity index (χ3v) is 5.76. The number of nitrogens with zero attached hydrogens (tertiary/aromatic N) is 1. The molecule has 1 aliphatic rings. The second-order valence-electron chi connectivity index (χ2n) is 5.43. The van der Waals surface area contributed by atoms with Gasteiger partial charge in [0.25, 0.3) is 0 Å². The predicted molar refractivity (Wildman–Crippen MR) is 85.1 cm³/mol. The van der Waals surface area contributed by atoms with Gasteiger partial charge in [-0.25, -0.2) is 8.42 Å². The number of aryl methyl sites for hydroxylation is 1. The van der Waals surface area contributed by atoms with E-state index in [9.17, 15) is 8.42 Å². The van der Waals surface area contributed by atoms with E-state index in [-0.39, 0.29) is 6.04 Å². The largest absolute Gasteiger partial charge is 0.378 e. The molecular weight excluding hydrogens is 298 g/mol. The summed E-state index contributed by atoms with van der Waals surface area (Å²) in [6.45, 7) is 3.08. The van der Waals surface area contributed by atoms with Gasteiger partial charge in [0, 0.05) is 6.54 Å². The first-order valence-electron chi connectivity index (χ1n) is 7.30. The minimum absolute atomic E-state index is 0.277. The average Bonchev–Trinajstić information content (AvgIpc) is 2.56. The van der Waals surface area contributed by atoms with Gasteiger partial charge in [0.1, 0.15) is 0 Å². The van der Waals surface area contributed by atoms with Crippen molar-refractivity contribution in [3.8, 4) is 0 Å². The fraction of sp³-hybridized carbons (Fsp3) is 0.294. The summed E-state index contributed by atoms with van der Waals surface area (Å²) in [4.78, 5) is 0.343. The molecule has 4 nitrogen and oxygen atoms in total.